The van der Waals surface area contributed by atoms with Gasteiger partial charge in [0.1, 0.15) is 5.75 Å². The van der Waals surface area contributed by atoms with E-state index < -0.39 is 29.7 Å². The second-order valence-electron chi connectivity index (χ2n) is 4.05. The van der Waals surface area contributed by atoms with E-state index in [-0.39, 0.29) is 11.5 Å². The van der Waals surface area contributed by atoms with Crippen LogP contribution >= 0.6 is 0 Å². The summed E-state index contributed by atoms with van der Waals surface area (Å²) in [6.07, 6.45) is -6.63. The second-order valence-corrected chi connectivity index (χ2v) is 4.05. The summed E-state index contributed by atoms with van der Waals surface area (Å²) in [5.41, 5.74) is 0. The molecule has 0 bridgehead atoms. The number of carbonyl (C=O) groups excluding carboxylic acids is 1. The summed E-state index contributed by atoms with van der Waals surface area (Å²) >= 11 is 0. The number of hydrogen-bond donors (Lipinski definition) is 0. The molecule has 0 N–H and O–H groups in total. The Morgan fingerprint density at radius 1 is 0.913 bits per heavy atom. The zero-order valence-corrected chi connectivity index (χ0v) is 11.5. The number of hydrogen-bond acceptors (Lipinski definition) is 4. The third-order valence-electron chi connectivity index (χ3n) is 2.57. The number of methoxy groups -OCH3 is 2. The van der Waals surface area contributed by atoms with Gasteiger partial charge in [-0.1, -0.05) is 0 Å². The lowest BCUT2D eigenvalue weighted by molar-refractivity contribution is -0.346. The van der Waals surface area contributed by atoms with Crippen LogP contribution in [0.3, 0.4) is 0 Å². The monoisotopic (exact) mass is 350 g/mol. The van der Waals surface area contributed by atoms with Crippen LogP contribution in [0.25, 0.3) is 0 Å². The first-order chi connectivity index (χ1) is 10.4. The topological polar surface area (TPSA) is 44.8 Å². The molecule has 0 atom stereocenters. The van der Waals surface area contributed by atoms with E-state index in [0.29, 0.717) is 0 Å². The number of carbonyl (C=O) groups is 1. The highest BCUT2D eigenvalue weighted by Crippen LogP contribution is 2.47. The van der Waals surface area contributed by atoms with Gasteiger partial charge in [-0.15, -0.1) is 0 Å². The van der Waals surface area contributed by atoms with E-state index in [4.69, 9.17) is 9.47 Å². The van der Waals surface area contributed by atoms with Gasteiger partial charge in [0.25, 0.3) is 0 Å². The molecule has 1 rings (SSSR count). The summed E-state index contributed by atoms with van der Waals surface area (Å²) in [5.74, 6) is -16.5. The number of ether oxygens (including phenoxy) is 3. The van der Waals surface area contributed by atoms with E-state index in [1.807, 2.05) is 0 Å². The molecule has 4 nitrogen and oxygen atoms in total. The molecule has 0 heterocycles. The minimum absolute atomic E-state index is 0.0830. The van der Waals surface area contributed by atoms with Crippen LogP contribution in [-0.4, -0.2) is 38.2 Å². The molecule has 0 spiro atoms. The van der Waals surface area contributed by atoms with E-state index >= 15 is 0 Å². The molecule has 0 saturated carbocycles. The van der Waals surface area contributed by atoms with Crippen LogP contribution in [0.1, 0.15) is 0 Å². The lowest BCUT2D eigenvalue weighted by Crippen LogP contribution is -2.57. The summed E-state index contributed by atoms with van der Waals surface area (Å²) in [6, 6.07) is 2.72. The second kappa shape index (κ2) is 6.13. The molecule has 11 heteroatoms. The lowest BCUT2D eigenvalue weighted by Gasteiger charge is -2.26. The van der Waals surface area contributed by atoms with Crippen LogP contribution in [0.5, 0.6) is 17.2 Å². The first-order valence-corrected chi connectivity index (χ1v) is 5.65. The zero-order valence-electron chi connectivity index (χ0n) is 11.5. The van der Waals surface area contributed by atoms with Gasteiger partial charge in [-0.2, -0.15) is 30.7 Å². The Labute approximate surface area is 124 Å². The predicted molar refractivity (Wildman–Crippen MR) is 61.1 cm³/mol. The zero-order chi connectivity index (χ0) is 18.1. The fraction of sp³-hybridized carbons (Fsp3) is 0.417. The molecule has 0 aliphatic carbocycles. The van der Waals surface area contributed by atoms with E-state index in [9.17, 15) is 35.5 Å². The number of halogens is 7. The third-order valence-corrected chi connectivity index (χ3v) is 2.57. The van der Waals surface area contributed by atoms with Crippen molar-refractivity contribution >= 4 is 5.97 Å². The van der Waals surface area contributed by atoms with Crippen molar-refractivity contribution in [3.8, 4) is 17.2 Å². The summed E-state index contributed by atoms with van der Waals surface area (Å²) in [5, 5.41) is 0. The maximum atomic E-state index is 13.1. The average Bonchev–Trinajstić information content (AvgIpc) is 2.45. The van der Waals surface area contributed by atoms with Crippen molar-refractivity contribution in [3.05, 3.63) is 18.2 Å². The molecule has 0 unspecified atom stereocenters. The average molecular weight is 350 g/mol. The van der Waals surface area contributed by atoms with Crippen molar-refractivity contribution in [3.63, 3.8) is 0 Å². The highest BCUT2D eigenvalue weighted by molar-refractivity contribution is 5.81. The Balaban J connectivity index is 3.08. The fourth-order valence-electron chi connectivity index (χ4n) is 1.36. The van der Waals surface area contributed by atoms with Gasteiger partial charge < -0.3 is 14.2 Å². The minimum atomic E-state index is -6.63. The number of esters is 1. The normalized spacial score (nSPS) is 12.7. The van der Waals surface area contributed by atoms with E-state index in [1.165, 1.54) is 7.11 Å². The molecule has 1 aromatic carbocycles. The Morgan fingerprint density at radius 3 is 1.87 bits per heavy atom. The predicted octanol–water partition coefficient (Wildman–Crippen LogP) is 3.44. The van der Waals surface area contributed by atoms with E-state index in [2.05, 4.69) is 4.74 Å². The highest BCUT2D eigenvalue weighted by Gasteiger charge is 2.77. The van der Waals surface area contributed by atoms with Crippen LogP contribution in [-0.2, 0) is 4.79 Å². The van der Waals surface area contributed by atoms with Gasteiger partial charge in [-0.25, -0.2) is 4.79 Å². The Kier molecular flexibility index (Phi) is 5.02. The number of rotatable bonds is 5. The molecular formula is C12H9F7O4. The molecule has 23 heavy (non-hydrogen) atoms. The van der Waals surface area contributed by atoms with Crippen molar-refractivity contribution < 1.29 is 49.7 Å². The molecule has 0 saturated heterocycles. The van der Waals surface area contributed by atoms with Gasteiger partial charge in [-0.05, 0) is 12.1 Å². The molecule has 0 aliphatic rings. The third kappa shape index (κ3) is 3.42. The van der Waals surface area contributed by atoms with Crippen molar-refractivity contribution in [2.75, 3.05) is 14.2 Å². The maximum absolute atomic E-state index is 13.1. The molecule has 130 valence electrons. The number of alkyl halides is 7. The lowest BCUT2D eigenvalue weighted by atomic mass is 10.1. The van der Waals surface area contributed by atoms with Gasteiger partial charge in [0.05, 0.1) is 14.2 Å². The Morgan fingerprint density at radius 2 is 1.43 bits per heavy atom. The highest BCUT2D eigenvalue weighted by atomic mass is 19.4. The van der Waals surface area contributed by atoms with Crippen molar-refractivity contribution in [2.45, 2.75) is 18.0 Å². The molecule has 0 aliphatic heterocycles. The first kappa shape index (κ1) is 18.8. The Hall–Kier alpha value is -2.20. The summed E-state index contributed by atoms with van der Waals surface area (Å²) in [6.45, 7) is 0. The van der Waals surface area contributed by atoms with Crippen molar-refractivity contribution in [1.82, 2.24) is 0 Å². The van der Waals surface area contributed by atoms with Crippen LogP contribution in [0.4, 0.5) is 30.7 Å². The molecule has 0 fully saturated rings. The maximum Gasteiger partial charge on any atom is 0.460 e. The summed E-state index contributed by atoms with van der Waals surface area (Å²) < 4.78 is 101. The number of benzene rings is 1. The van der Waals surface area contributed by atoms with Crippen molar-refractivity contribution in [1.29, 1.82) is 0 Å². The van der Waals surface area contributed by atoms with E-state index in [0.717, 1.165) is 25.3 Å². The van der Waals surface area contributed by atoms with E-state index in [1.54, 1.807) is 0 Å². The van der Waals surface area contributed by atoms with Crippen molar-refractivity contribution in [2.24, 2.45) is 0 Å². The van der Waals surface area contributed by atoms with Gasteiger partial charge >= 0.3 is 24.0 Å². The Bertz CT molecular complexity index is 583. The van der Waals surface area contributed by atoms with Gasteiger partial charge in [-0.3, -0.25) is 0 Å². The standard InChI is InChI=1S/C12H9F7O4/c1-21-7-4-3-6(5-8(7)22-2)23-9(20)10(13,14)11(15,16)12(17,18)19/h3-5H,1-2H3. The summed E-state index contributed by atoms with van der Waals surface area (Å²) in [7, 11) is 2.36. The molecule has 1 aromatic rings. The van der Waals surface area contributed by atoms with Gasteiger partial charge in [0.15, 0.2) is 11.5 Å². The van der Waals surface area contributed by atoms with Crippen LogP contribution in [0.15, 0.2) is 18.2 Å². The largest absolute Gasteiger partial charge is 0.493 e. The van der Waals surface area contributed by atoms with Crippen LogP contribution in [0, 0.1) is 0 Å². The van der Waals surface area contributed by atoms with Crippen LogP contribution < -0.4 is 14.2 Å². The SMILES string of the molecule is COc1ccc(OC(=O)C(F)(F)C(F)(F)C(F)(F)F)cc1OC. The molecular weight excluding hydrogens is 341 g/mol. The van der Waals surface area contributed by atoms with Gasteiger partial charge in [0, 0.05) is 6.07 Å². The van der Waals surface area contributed by atoms with Gasteiger partial charge in [0.2, 0.25) is 0 Å². The first-order valence-electron chi connectivity index (χ1n) is 5.65. The molecule has 0 aromatic heterocycles. The van der Waals surface area contributed by atoms with Crippen LogP contribution in [0.2, 0.25) is 0 Å². The fourth-order valence-corrected chi connectivity index (χ4v) is 1.36. The molecule has 0 radical (unpaired) electrons. The molecule has 0 amide bonds. The minimum Gasteiger partial charge on any atom is -0.493 e. The smallest absolute Gasteiger partial charge is 0.460 e. The summed E-state index contributed by atoms with van der Waals surface area (Å²) in [4.78, 5) is 11.1. The quantitative estimate of drug-likeness (QED) is 0.464.